The Kier molecular flexibility index (Phi) is 3.17. The van der Waals surface area contributed by atoms with Crippen LogP contribution in [0, 0.1) is 25.7 Å². The van der Waals surface area contributed by atoms with Crippen LogP contribution >= 0.6 is 11.3 Å². The Morgan fingerprint density at radius 2 is 2.25 bits per heavy atom. The highest BCUT2D eigenvalue weighted by molar-refractivity contribution is 7.21. The lowest BCUT2D eigenvalue weighted by Crippen LogP contribution is -2.25. The number of nitrogens with zero attached hydrogens (tertiary/aromatic N) is 1. The van der Waals surface area contributed by atoms with Gasteiger partial charge in [-0.2, -0.15) is 0 Å². The zero-order valence-corrected chi connectivity index (χ0v) is 12.8. The van der Waals surface area contributed by atoms with Gasteiger partial charge in [-0.3, -0.25) is 4.79 Å². The van der Waals surface area contributed by atoms with Crippen LogP contribution < -0.4 is 11.1 Å². The van der Waals surface area contributed by atoms with Crippen molar-refractivity contribution in [1.29, 1.82) is 0 Å². The van der Waals surface area contributed by atoms with E-state index in [1.165, 1.54) is 17.8 Å². The lowest BCUT2D eigenvalue weighted by Gasteiger charge is -2.03. The molecule has 0 aromatic carbocycles. The van der Waals surface area contributed by atoms with Crippen molar-refractivity contribution in [3.05, 3.63) is 22.2 Å². The third-order valence-corrected chi connectivity index (χ3v) is 5.13. The first-order valence-corrected chi connectivity index (χ1v) is 7.73. The van der Waals surface area contributed by atoms with E-state index in [2.05, 4.69) is 17.2 Å². The number of aromatic nitrogens is 1. The number of hydrogen-bond donors (Lipinski definition) is 2. The quantitative estimate of drug-likeness (QED) is 0.913. The summed E-state index contributed by atoms with van der Waals surface area (Å²) in [6, 6.07) is 2.00. The number of carbonyl (C=O) groups excluding carboxylic acids is 1. The first kappa shape index (κ1) is 13.4. The fourth-order valence-electron chi connectivity index (χ4n) is 2.63. The number of hydrogen-bond acceptors (Lipinski definition) is 4. The molecule has 2 atom stereocenters. The fraction of sp³-hybridized carbons (Fsp3) is 0.467. The highest BCUT2D eigenvalue weighted by Crippen LogP contribution is 2.38. The highest BCUT2D eigenvalue weighted by atomic mass is 32.1. The van der Waals surface area contributed by atoms with Crippen molar-refractivity contribution >= 4 is 33.1 Å². The van der Waals surface area contributed by atoms with Crippen LogP contribution in [-0.4, -0.2) is 17.4 Å². The van der Waals surface area contributed by atoms with Crippen LogP contribution in [0.4, 0.5) is 5.69 Å². The maximum absolute atomic E-state index is 12.3. The summed E-state index contributed by atoms with van der Waals surface area (Å²) in [7, 11) is 0. The first-order valence-electron chi connectivity index (χ1n) is 6.91. The molecule has 2 aromatic rings. The second kappa shape index (κ2) is 4.74. The van der Waals surface area contributed by atoms with E-state index in [1.807, 2.05) is 19.9 Å². The minimum Gasteiger partial charge on any atom is -0.397 e. The Bertz CT molecular complexity index is 692. The Morgan fingerprint density at radius 3 is 2.90 bits per heavy atom. The summed E-state index contributed by atoms with van der Waals surface area (Å²) in [6.45, 7) is 6.92. The molecule has 20 heavy (non-hydrogen) atoms. The Balaban J connectivity index is 1.89. The molecule has 0 spiro atoms. The summed E-state index contributed by atoms with van der Waals surface area (Å²) in [5.41, 5.74) is 8.75. The van der Waals surface area contributed by atoms with Gasteiger partial charge in [0.25, 0.3) is 5.91 Å². The van der Waals surface area contributed by atoms with Crippen molar-refractivity contribution < 1.29 is 4.79 Å². The molecule has 0 radical (unpaired) electrons. The minimum atomic E-state index is -0.0679. The zero-order chi connectivity index (χ0) is 14.4. The summed E-state index contributed by atoms with van der Waals surface area (Å²) in [5.74, 6) is 1.31. The third-order valence-electron chi connectivity index (χ3n) is 4.03. The number of nitrogen functional groups attached to an aromatic ring is 1. The number of pyridine rings is 1. The van der Waals surface area contributed by atoms with Gasteiger partial charge in [0.15, 0.2) is 0 Å². The van der Waals surface area contributed by atoms with E-state index in [4.69, 9.17) is 5.73 Å². The van der Waals surface area contributed by atoms with Crippen LogP contribution in [0.1, 0.15) is 34.3 Å². The normalized spacial score (nSPS) is 21.1. The number of carbonyl (C=O) groups is 1. The van der Waals surface area contributed by atoms with Crippen LogP contribution in [0.3, 0.4) is 0 Å². The summed E-state index contributed by atoms with van der Waals surface area (Å²) in [4.78, 5) is 18.2. The molecule has 3 rings (SSSR count). The number of thiophene rings is 1. The SMILES string of the molecule is Cc1cc(C)c2c(N)c(C(=O)NCC3CC3C)sc2n1. The molecule has 2 unspecified atom stereocenters. The van der Waals surface area contributed by atoms with Gasteiger partial charge in [-0.1, -0.05) is 6.92 Å². The molecule has 1 fully saturated rings. The third kappa shape index (κ3) is 2.26. The van der Waals surface area contributed by atoms with Crippen LogP contribution in [-0.2, 0) is 0 Å². The topological polar surface area (TPSA) is 68.0 Å². The van der Waals surface area contributed by atoms with Gasteiger partial charge >= 0.3 is 0 Å². The van der Waals surface area contributed by atoms with Crippen LogP contribution in [0.15, 0.2) is 6.07 Å². The monoisotopic (exact) mass is 289 g/mol. The fourth-order valence-corrected chi connectivity index (χ4v) is 3.76. The Hall–Kier alpha value is -1.62. The summed E-state index contributed by atoms with van der Waals surface area (Å²) < 4.78 is 0. The van der Waals surface area contributed by atoms with Gasteiger partial charge in [0, 0.05) is 17.6 Å². The molecule has 1 saturated carbocycles. The molecule has 1 amide bonds. The molecule has 0 bridgehead atoms. The van der Waals surface area contributed by atoms with Crippen molar-refractivity contribution in [2.45, 2.75) is 27.2 Å². The summed E-state index contributed by atoms with van der Waals surface area (Å²) in [5, 5.41) is 3.91. The molecule has 2 aromatic heterocycles. The van der Waals surface area contributed by atoms with Crippen molar-refractivity contribution in [2.24, 2.45) is 11.8 Å². The second-order valence-corrected chi connectivity index (χ2v) is 6.79. The highest BCUT2D eigenvalue weighted by Gasteiger charge is 2.32. The van der Waals surface area contributed by atoms with E-state index < -0.39 is 0 Å². The van der Waals surface area contributed by atoms with E-state index in [0.717, 1.165) is 33.9 Å². The number of amides is 1. The van der Waals surface area contributed by atoms with Gasteiger partial charge in [0.05, 0.1) is 5.69 Å². The second-order valence-electron chi connectivity index (χ2n) is 5.79. The van der Waals surface area contributed by atoms with Crippen molar-refractivity contribution in [2.75, 3.05) is 12.3 Å². The molecular formula is C15H19N3OS. The van der Waals surface area contributed by atoms with Gasteiger partial charge in [-0.05, 0) is 43.7 Å². The molecule has 106 valence electrons. The predicted octanol–water partition coefficient (Wildman–Crippen LogP) is 2.88. The number of nitrogens with two attached hydrogens (primary N) is 1. The summed E-state index contributed by atoms with van der Waals surface area (Å²) >= 11 is 1.39. The molecule has 1 aliphatic carbocycles. The van der Waals surface area contributed by atoms with Gasteiger partial charge in [0.1, 0.15) is 9.71 Å². The van der Waals surface area contributed by atoms with E-state index in [9.17, 15) is 4.79 Å². The van der Waals surface area contributed by atoms with E-state index in [-0.39, 0.29) is 5.91 Å². The lowest BCUT2D eigenvalue weighted by molar-refractivity contribution is 0.0956. The molecule has 3 N–H and O–H groups in total. The Morgan fingerprint density at radius 1 is 1.55 bits per heavy atom. The maximum atomic E-state index is 12.3. The summed E-state index contributed by atoms with van der Waals surface area (Å²) in [6.07, 6.45) is 1.21. The zero-order valence-electron chi connectivity index (χ0n) is 12.0. The van der Waals surface area contributed by atoms with Crippen molar-refractivity contribution in [1.82, 2.24) is 10.3 Å². The number of fused-ring (bicyclic) bond motifs is 1. The standard InChI is InChI=1S/C15H19N3OS/c1-7-5-10(7)6-17-14(19)13-12(16)11-8(2)4-9(3)18-15(11)20-13/h4,7,10H,5-6,16H2,1-3H3,(H,17,19). The minimum absolute atomic E-state index is 0.0679. The van der Waals surface area contributed by atoms with Crippen molar-refractivity contribution in [3.8, 4) is 0 Å². The number of aryl methyl sites for hydroxylation is 2. The number of nitrogens with one attached hydrogen (secondary N) is 1. The molecule has 2 heterocycles. The predicted molar refractivity (Wildman–Crippen MR) is 83.1 cm³/mol. The largest absolute Gasteiger partial charge is 0.397 e. The molecule has 4 nitrogen and oxygen atoms in total. The maximum Gasteiger partial charge on any atom is 0.263 e. The van der Waals surface area contributed by atoms with E-state index in [0.29, 0.717) is 16.5 Å². The Labute approximate surface area is 122 Å². The molecule has 0 aliphatic heterocycles. The van der Waals surface area contributed by atoms with Gasteiger partial charge in [0.2, 0.25) is 0 Å². The number of rotatable bonds is 3. The van der Waals surface area contributed by atoms with Crippen LogP contribution in [0.25, 0.3) is 10.2 Å². The van der Waals surface area contributed by atoms with Crippen LogP contribution in [0.2, 0.25) is 0 Å². The average Bonchev–Trinajstić information content (AvgIpc) is 2.97. The van der Waals surface area contributed by atoms with Crippen molar-refractivity contribution in [3.63, 3.8) is 0 Å². The molecular weight excluding hydrogens is 270 g/mol. The molecule has 1 aliphatic rings. The van der Waals surface area contributed by atoms with Crippen LogP contribution in [0.5, 0.6) is 0 Å². The van der Waals surface area contributed by atoms with E-state index in [1.54, 1.807) is 0 Å². The molecule has 5 heteroatoms. The van der Waals surface area contributed by atoms with Gasteiger partial charge in [-0.15, -0.1) is 11.3 Å². The first-order chi connectivity index (χ1) is 9.47. The van der Waals surface area contributed by atoms with E-state index >= 15 is 0 Å². The number of anilines is 1. The van der Waals surface area contributed by atoms with Gasteiger partial charge in [-0.25, -0.2) is 4.98 Å². The smallest absolute Gasteiger partial charge is 0.263 e. The van der Waals surface area contributed by atoms with Gasteiger partial charge < -0.3 is 11.1 Å². The average molecular weight is 289 g/mol. The lowest BCUT2D eigenvalue weighted by atomic mass is 10.1. The molecule has 0 saturated heterocycles.